The number of nitrogens with zero attached hydrogens (tertiary/aromatic N) is 2. The van der Waals surface area contributed by atoms with Crippen molar-refractivity contribution < 1.29 is 48.3 Å². The van der Waals surface area contributed by atoms with Crippen molar-refractivity contribution in [3.8, 4) is 23.0 Å². The summed E-state index contributed by atoms with van der Waals surface area (Å²) in [4.78, 5) is 34.1. The molecule has 3 aliphatic rings. The highest BCUT2D eigenvalue weighted by Gasteiger charge is 2.65. The zero-order valence-corrected chi connectivity index (χ0v) is 36.9. The molecule has 6 atom stereocenters. The van der Waals surface area contributed by atoms with E-state index in [1.54, 1.807) is 35.3 Å². The van der Waals surface area contributed by atoms with Crippen LogP contribution < -0.4 is 14.2 Å². The Labute approximate surface area is 375 Å². The number of aldehydes is 1. The Hall–Kier alpha value is -5.95. The van der Waals surface area contributed by atoms with Crippen molar-refractivity contribution in [3.63, 3.8) is 0 Å². The predicted molar refractivity (Wildman–Crippen MR) is 246 cm³/mol. The molecule has 4 aromatic carbocycles. The van der Waals surface area contributed by atoms with E-state index in [4.69, 9.17) is 33.7 Å². The lowest BCUT2D eigenvalue weighted by Gasteiger charge is -2.59. The Bertz CT molecular complexity index is 2340. The largest absolute Gasteiger partial charge is 0.496 e. The van der Waals surface area contributed by atoms with E-state index < -0.39 is 23.8 Å². The summed E-state index contributed by atoms with van der Waals surface area (Å²) in [5, 5.41) is 26.7. The molecule has 0 bridgehead atoms. The number of fused-ring (bicyclic) bond motifs is 3. The SMILES string of the molecule is C=CCCOC(=O)N(Cc1cccc2ccccc12)[C@H]1CC(=NOC)C2=C[C@H](CCCCO)[C@@H](CCCCO)[C@@H]3c4cc(Oc5ccc(OC)c(C=O)c5)ccc4O[C@@]1(OCC=C)[C@H]23. The van der Waals surface area contributed by atoms with Crippen LogP contribution in [0.25, 0.3) is 10.8 Å². The molecule has 0 saturated heterocycles. The second-order valence-electron chi connectivity index (χ2n) is 16.5. The number of carbonyl (C=O) groups is 2. The number of allylic oxidation sites excluding steroid dienone is 1. The van der Waals surface area contributed by atoms with Gasteiger partial charge in [-0.05, 0) is 102 Å². The Kier molecular flexibility index (Phi) is 15.6. The summed E-state index contributed by atoms with van der Waals surface area (Å²) in [5.74, 6) is -0.254. The van der Waals surface area contributed by atoms with Gasteiger partial charge in [-0.1, -0.05) is 78.7 Å². The quantitative estimate of drug-likeness (QED) is 0.0339. The van der Waals surface area contributed by atoms with Crippen molar-refractivity contribution in [2.45, 2.75) is 75.7 Å². The minimum atomic E-state index is -1.49. The van der Waals surface area contributed by atoms with Gasteiger partial charge in [-0.15, -0.1) is 13.2 Å². The molecular weight excluding hydrogens is 813 g/mol. The van der Waals surface area contributed by atoms with Gasteiger partial charge >= 0.3 is 6.09 Å². The molecular formula is C52H60N2O10. The average molecular weight is 873 g/mol. The predicted octanol–water partition coefficient (Wildman–Crippen LogP) is 9.93. The van der Waals surface area contributed by atoms with Crippen molar-refractivity contribution in [1.29, 1.82) is 0 Å². The zero-order valence-electron chi connectivity index (χ0n) is 36.9. The van der Waals surface area contributed by atoms with Gasteiger partial charge in [0, 0.05) is 31.1 Å². The number of methoxy groups -OCH3 is 1. The van der Waals surface area contributed by atoms with E-state index in [-0.39, 0.29) is 57.1 Å². The molecule has 0 aromatic heterocycles. The van der Waals surface area contributed by atoms with Crippen LogP contribution in [0.5, 0.6) is 23.0 Å². The van der Waals surface area contributed by atoms with Crippen LogP contribution in [0, 0.1) is 17.8 Å². The van der Waals surface area contributed by atoms with Crippen molar-refractivity contribution in [2.24, 2.45) is 22.9 Å². The number of amides is 1. The van der Waals surface area contributed by atoms with Crippen LogP contribution in [0.1, 0.15) is 78.8 Å². The molecule has 0 spiro atoms. The maximum atomic E-state index is 14.8. The number of ether oxygens (including phenoxy) is 5. The summed E-state index contributed by atoms with van der Waals surface area (Å²) in [7, 11) is 3.04. The number of aliphatic hydroxyl groups excluding tert-OH is 2. The molecule has 1 aliphatic heterocycles. The highest BCUT2D eigenvalue weighted by atomic mass is 16.7. The Morgan fingerprint density at radius 3 is 2.45 bits per heavy atom. The summed E-state index contributed by atoms with van der Waals surface area (Å²) in [6.45, 7) is 8.46. The van der Waals surface area contributed by atoms with Crippen LogP contribution in [0.4, 0.5) is 4.79 Å². The molecule has 64 heavy (non-hydrogen) atoms. The van der Waals surface area contributed by atoms with Gasteiger partial charge in [-0.2, -0.15) is 0 Å². The molecule has 12 heteroatoms. The van der Waals surface area contributed by atoms with Gasteiger partial charge < -0.3 is 38.7 Å². The summed E-state index contributed by atoms with van der Waals surface area (Å²) >= 11 is 0. The van der Waals surface area contributed by atoms with Crippen molar-refractivity contribution >= 4 is 28.9 Å². The van der Waals surface area contributed by atoms with Gasteiger partial charge in [0.15, 0.2) is 6.29 Å². The lowest BCUT2D eigenvalue weighted by Crippen LogP contribution is -2.70. The molecule has 0 radical (unpaired) electrons. The van der Waals surface area contributed by atoms with Gasteiger partial charge in [0.2, 0.25) is 5.79 Å². The lowest BCUT2D eigenvalue weighted by molar-refractivity contribution is -0.256. The first-order valence-corrected chi connectivity index (χ1v) is 22.3. The van der Waals surface area contributed by atoms with Gasteiger partial charge in [-0.25, -0.2) is 4.79 Å². The topological polar surface area (TPSA) is 146 Å². The summed E-state index contributed by atoms with van der Waals surface area (Å²) < 4.78 is 32.4. The zero-order chi connectivity index (χ0) is 45.1. The summed E-state index contributed by atoms with van der Waals surface area (Å²) in [6, 6.07) is 24.2. The van der Waals surface area contributed by atoms with Crippen molar-refractivity contribution in [2.75, 3.05) is 40.6 Å². The summed E-state index contributed by atoms with van der Waals surface area (Å²) in [5.41, 5.74) is 3.75. The second-order valence-corrected chi connectivity index (χ2v) is 16.5. The maximum Gasteiger partial charge on any atom is 0.410 e. The molecule has 1 amide bonds. The third-order valence-corrected chi connectivity index (χ3v) is 12.8. The molecule has 338 valence electrons. The number of aliphatic hydroxyl groups is 2. The van der Waals surface area contributed by atoms with Crippen molar-refractivity contribution in [3.05, 3.63) is 133 Å². The highest BCUT2D eigenvalue weighted by molar-refractivity contribution is 6.03. The van der Waals surface area contributed by atoms with Gasteiger partial charge in [0.05, 0.1) is 44.1 Å². The molecule has 2 N–H and O–H groups in total. The fourth-order valence-electron chi connectivity index (χ4n) is 10.1. The van der Waals surface area contributed by atoms with E-state index in [1.807, 2.05) is 42.5 Å². The standard InChI is InChI=1S/C52H60N2O10/c1-5-7-28-61-51(58)54(33-37-18-14-17-35-15-8-9-19-41(35)37)48-32-45(53-60-4)43-30-36(16-10-12-25-55)42(20-11-13-26-56)49-44-31-40(63-39-21-23-46(59-3)38(29-39)34-57)22-24-47(44)64-52(48,50(43)49)62-27-6-2/h5-6,8-9,14-15,17-19,21-24,29-31,34,36,42,48-50,55-56H,1-2,7,10-13,16,20,25-28,32-33H2,3-4H3/t36-,42+,48-,49+,50+,52+/m0/s1. The van der Waals surface area contributed by atoms with Crippen LogP contribution in [-0.2, 0) is 20.9 Å². The van der Waals surface area contributed by atoms with Crippen LogP contribution >= 0.6 is 0 Å². The first-order chi connectivity index (χ1) is 31.3. The molecule has 1 saturated carbocycles. The molecule has 0 unspecified atom stereocenters. The third kappa shape index (κ3) is 9.60. The number of carbonyl (C=O) groups excluding carboxylic acids is 2. The number of hydrogen-bond donors (Lipinski definition) is 2. The third-order valence-electron chi connectivity index (χ3n) is 12.8. The number of benzene rings is 4. The van der Waals surface area contributed by atoms with Crippen LogP contribution in [0.3, 0.4) is 0 Å². The molecule has 1 heterocycles. The smallest absolute Gasteiger partial charge is 0.410 e. The molecule has 4 aromatic rings. The van der Waals surface area contributed by atoms with Gasteiger partial charge in [0.25, 0.3) is 0 Å². The fraction of sp³-hybridized carbons (Fsp3) is 0.404. The minimum Gasteiger partial charge on any atom is -0.496 e. The number of unbranched alkanes of at least 4 members (excludes halogenated alkanes) is 2. The van der Waals surface area contributed by atoms with E-state index in [1.165, 1.54) is 14.2 Å². The first-order valence-electron chi connectivity index (χ1n) is 22.3. The number of hydrogen-bond acceptors (Lipinski definition) is 11. The first kappa shape index (κ1) is 46.1. The average Bonchev–Trinajstić information content (AvgIpc) is 3.31. The molecule has 1 fully saturated rings. The van der Waals surface area contributed by atoms with Gasteiger partial charge in [0.1, 0.15) is 36.1 Å². The van der Waals surface area contributed by atoms with Crippen LogP contribution in [-0.4, -0.2) is 85.7 Å². The molecule has 7 rings (SSSR count). The number of rotatable bonds is 22. The minimum absolute atomic E-state index is 0.000133. The molecule has 2 aliphatic carbocycles. The monoisotopic (exact) mass is 872 g/mol. The van der Waals surface area contributed by atoms with Crippen molar-refractivity contribution in [1.82, 2.24) is 4.90 Å². The Balaban J connectivity index is 1.45. The van der Waals surface area contributed by atoms with E-state index in [0.717, 1.165) is 59.4 Å². The van der Waals surface area contributed by atoms with E-state index >= 15 is 0 Å². The maximum absolute atomic E-state index is 14.8. The Morgan fingerprint density at radius 2 is 1.70 bits per heavy atom. The highest BCUT2D eigenvalue weighted by Crippen LogP contribution is 2.62. The molecule has 12 nitrogen and oxygen atoms in total. The Morgan fingerprint density at radius 1 is 0.938 bits per heavy atom. The van der Waals surface area contributed by atoms with E-state index in [9.17, 15) is 19.8 Å². The van der Waals surface area contributed by atoms with Crippen LogP contribution in [0.15, 0.2) is 121 Å². The van der Waals surface area contributed by atoms with Gasteiger partial charge in [-0.3, -0.25) is 9.69 Å². The number of oxime groups is 1. The fourth-order valence-corrected chi connectivity index (χ4v) is 10.1. The van der Waals surface area contributed by atoms with E-state index in [0.29, 0.717) is 53.5 Å². The van der Waals surface area contributed by atoms with Crippen LogP contribution in [0.2, 0.25) is 0 Å². The lowest BCUT2D eigenvalue weighted by atomic mass is 9.55. The normalized spacial score (nSPS) is 22.6. The summed E-state index contributed by atoms with van der Waals surface area (Å²) in [6.07, 6.45) is 11.0. The van der Waals surface area contributed by atoms with E-state index in [2.05, 4.69) is 37.4 Å². The second kappa shape index (κ2) is 21.6.